The molecule has 0 aliphatic heterocycles. The largest absolute Gasteiger partial charge is 0.382 e. The molecule has 0 bridgehead atoms. The number of ether oxygens (including phenoxy) is 2. The van der Waals surface area contributed by atoms with Crippen molar-refractivity contribution in [2.45, 2.75) is 142 Å². The van der Waals surface area contributed by atoms with Crippen molar-refractivity contribution in [1.82, 2.24) is 30.0 Å². The smallest absolute Gasteiger partial charge is 0.0796 e. The topological polar surface area (TPSA) is 79.9 Å². The lowest BCUT2D eigenvalue weighted by molar-refractivity contribution is 0.103. The van der Waals surface area contributed by atoms with Gasteiger partial charge in [-0.25, -0.2) is 0 Å². The minimum absolute atomic E-state index is 0.691. The highest BCUT2D eigenvalue weighted by Gasteiger charge is 1.94. The number of hydrogen-bond acceptors (Lipinski definition) is 6. The highest BCUT2D eigenvalue weighted by molar-refractivity contribution is 5.27. The van der Waals surface area contributed by atoms with E-state index in [2.05, 4.69) is 158 Å². The van der Waals surface area contributed by atoms with Crippen LogP contribution in [0.5, 0.6) is 0 Å². The van der Waals surface area contributed by atoms with E-state index in [1.165, 1.54) is 39.8 Å². The number of allylic oxidation sites excluding steroid dienone is 4. The second-order valence-corrected chi connectivity index (χ2v) is 13.6. The third kappa shape index (κ3) is 40.5. The van der Waals surface area contributed by atoms with Crippen molar-refractivity contribution in [3.05, 3.63) is 154 Å². The van der Waals surface area contributed by atoms with Crippen LogP contribution in [0.1, 0.15) is 134 Å². The van der Waals surface area contributed by atoms with Crippen molar-refractivity contribution in [2.75, 3.05) is 27.4 Å². The molecule has 0 radical (unpaired) electrons. The van der Waals surface area contributed by atoms with E-state index in [1.54, 1.807) is 29.8 Å². The van der Waals surface area contributed by atoms with Gasteiger partial charge in [0.25, 0.3) is 0 Å². The standard InChI is InChI=1S/3C10H14.2C4H7N3.C4H10O2.2C4H8.C3H8/c1-3-9-5-7-10(4-2)8-6-9;1-3-9-6-5-7-10(4-2)8-9;1-3-9-7-5-6-8-10(9)4-2;1-4-3-7(2)6-5-4;1-4-3-5-6-7(4)2;1-5-3-4-6-2;2*1-3-4-2;1-3-2/h3*5-8H,3-4H2,1-2H3;2*3H,1-2H3;3-4H2,1-2H3;2*3-4H,1-2H3;3H2,1-2H3/b;;;;;;4-3+;4-3-;. The summed E-state index contributed by atoms with van der Waals surface area (Å²) in [4.78, 5) is 0. The molecular weight excluding hydrogens is 753 g/mol. The molecule has 344 valence electrons. The fourth-order valence-corrected chi connectivity index (χ4v) is 4.30. The summed E-state index contributed by atoms with van der Waals surface area (Å²) < 4.78 is 12.7. The lowest BCUT2D eigenvalue weighted by atomic mass is 10.0. The van der Waals surface area contributed by atoms with Gasteiger partial charge in [0.2, 0.25) is 0 Å². The van der Waals surface area contributed by atoms with Crippen molar-refractivity contribution in [3.63, 3.8) is 0 Å². The highest BCUT2D eigenvalue weighted by Crippen LogP contribution is 2.09. The Balaban J connectivity index is -0.000000307. The third-order valence-electron chi connectivity index (χ3n) is 8.34. The Kier molecular flexibility index (Phi) is 49.6. The summed E-state index contributed by atoms with van der Waals surface area (Å²) in [7, 11) is 7.01. The molecule has 0 spiro atoms. The van der Waals surface area contributed by atoms with Crippen molar-refractivity contribution < 1.29 is 9.47 Å². The predicted molar refractivity (Wildman–Crippen MR) is 268 cm³/mol. The van der Waals surface area contributed by atoms with Crippen LogP contribution in [0.4, 0.5) is 0 Å². The van der Waals surface area contributed by atoms with Crippen LogP contribution in [-0.4, -0.2) is 57.4 Å². The van der Waals surface area contributed by atoms with Gasteiger partial charge in [0.1, 0.15) is 0 Å². The van der Waals surface area contributed by atoms with Crippen LogP contribution in [0, 0.1) is 13.8 Å². The Morgan fingerprint density at radius 2 is 0.918 bits per heavy atom. The van der Waals surface area contributed by atoms with Crippen LogP contribution in [0.25, 0.3) is 0 Å². The molecule has 3 aromatic carbocycles. The van der Waals surface area contributed by atoms with Crippen LogP contribution in [0.3, 0.4) is 0 Å². The maximum absolute atomic E-state index is 4.66. The van der Waals surface area contributed by atoms with Gasteiger partial charge in [0.15, 0.2) is 0 Å². The van der Waals surface area contributed by atoms with Crippen LogP contribution in [0.2, 0.25) is 0 Å². The van der Waals surface area contributed by atoms with Crippen LogP contribution in [-0.2, 0) is 62.1 Å². The van der Waals surface area contributed by atoms with E-state index in [0.717, 1.165) is 49.9 Å². The van der Waals surface area contributed by atoms with Crippen molar-refractivity contribution >= 4 is 0 Å². The van der Waals surface area contributed by atoms with E-state index >= 15 is 0 Å². The summed E-state index contributed by atoms with van der Waals surface area (Å²) in [6, 6.07) is 26.2. The van der Waals surface area contributed by atoms with Gasteiger partial charge in [0, 0.05) is 34.5 Å². The summed E-state index contributed by atoms with van der Waals surface area (Å²) in [5.41, 5.74) is 10.8. The molecule has 0 unspecified atom stereocenters. The zero-order valence-electron chi connectivity index (χ0n) is 42.3. The third-order valence-corrected chi connectivity index (χ3v) is 8.34. The molecule has 8 heteroatoms. The minimum Gasteiger partial charge on any atom is -0.382 e. The molecule has 61 heavy (non-hydrogen) atoms. The molecule has 0 saturated carbocycles. The number of rotatable bonds is 9. The summed E-state index contributed by atoms with van der Waals surface area (Å²) in [6.45, 7) is 30.6. The van der Waals surface area contributed by atoms with Gasteiger partial charge in [-0.3, -0.25) is 9.36 Å². The first-order valence-electron chi connectivity index (χ1n) is 22.4. The fourth-order valence-electron chi connectivity index (χ4n) is 4.30. The second kappa shape index (κ2) is 48.0. The lowest BCUT2D eigenvalue weighted by Gasteiger charge is -2.02. The number of methoxy groups -OCH3 is 2. The van der Waals surface area contributed by atoms with E-state index < -0.39 is 0 Å². The highest BCUT2D eigenvalue weighted by atomic mass is 16.5. The molecule has 0 atom stereocenters. The van der Waals surface area contributed by atoms with Gasteiger partial charge in [0.05, 0.1) is 30.8 Å². The summed E-state index contributed by atoms with van der Waals surface area (Å²) in [5.74, 6) is 0. The predicted octanol–water partition coefficient (Wildman–Crippen LogP) is 13.5. The molecule has 0 aliphatic rings. The Labute approximate surface area is 375 Å². The summed E-state index contributed by atoms with van der Waals surface area (Å²) in [6.07, 6.45) is 19.7. The molecule has 0 amide bonds. The Morgan fingerprint density at radius 3 is 1.11 bits per heavy atom. The molecule has 5 aromatic rings. The molecule has 0 saturated heterocycles. The zero-order chi connectivity index (χ0) is 47.1. The van der Waals surface area contributed by atoms with E-state index in [9.17, 15) is 0 Å². The Bertz CT molecular complexity index is 1550. The van der Waals surface area contributed by atoms with E-state index in [1.807, 2.05) is 86.1 Å². The van der Waals surface area contributed by atoms with Crippen molar-refractivity contribution in [2.24, 2.45) is 14.1 Å². The van der Waals surface area contributed by atoms with Gasteiger partial charge in [-0.15, -0.1) is 10.2 Å². The SMILES string of the molecule is C/C=C/C.C/C=C\C.CCC.CCc1ccc(CC)cc1.CCc1cccc(CC)c1.CCc1ccccc1CC.COCCOC.Cc1cn(C)nn1.Cc1cnnn1C. The van der Waals surface area contributed by atoms with Crippen LogP contribution < -0.4 is 0 Å². The number of benzene rings is 3. The molecule has 0 fully saturated rings. The molecule has 2 aromatic heterocycles. The second-order valence-electron chi connectivity index (χ2n) is 13.6. The molecule has 5 rings (SSSR count). The molecule has 8 nitrogen and oxygen atoms in total. The molecule has 2 heterocycles. The monoisotopic (exact) mass is 843 g/mol. The number of aromatic nitrogens is 6. The van der Waals surface area contributed by atoms with E-state index in [-0.39, 0.29) is 0 Å². The molecule has 0 N–H and O–H groups in total. The van der Waals surface area contributed by atoms with E-state index in [4.69, 9.17) is 0 Å². The Hall–Kier alpha value is -4.66. The summed E-state index contributed by atoms with van der Waals surface area (Å²) in [5, 5.41) is 14.7. The first kappa shape index (κ1) is 63.0. The fraction of sp³-hybridized carbons (Fsp3) is 0.509. The maximum atomic E-state index is 4.66. The Morgan fingerprint density at radius 1 is 0.525 bits per heavy atom. The quantitative estimate of drug-likeness (QED) is 0.109. The first-order valence-corrected chi connectivity index (χ1v) is 22.4. The number of aryl methyl sites for hydroxylation is 10. The normalized spacial score (nSPS) is 9.41. The van der Waals surface area contributed by atoms with E-state index in [0.29, 0.717) is 13.2 Å². The van der Waals surface area contributed by atoms with Crippen LogP contribution >= 0.6 is 0 Å². The van der Waals surface area contributed by atoms with Crippen molar-refractivity contribution in [3.8, 4) is 0 Å². The van der Waals surface area contributed by atoms with Gasteiger partial charge < -0.3 is 9.47 Å². The summed E-state index contributed by atoms with van der Waals surface area (Å²) >= 11 is 0. The van der Waals surface area contributed by atoms with Gasteiger partial charge >= 0.3 is 0 Å². The van der Waals surface area contributed by atoms with Crippen molar-refractivity contribution in [1.29, 1.82) is 0 Å². The minimum atomic E-state index is 0.691. The average molecular weight is 843 g/mol. The van der Waals surface area contributed by atoms with Gasteiger partial charge in [-0.05, 0) is 113 Å². The number of nitrogens with zero attached hydrogens (tertiary/aromatic N) is 6. The lowest BCUT2D eigenvalue weighted by Crippen LogP contribution is -1.96. The van der Waals surface area contributed by atoms with Gasteiger partial charge in [-0.2, -0.15) is 0 Å². The first-order chi connectivity index (χ1) is 29.4. The van der Waals surface area contributed by atoms with Crippen LogP contribution in [0.15, 0.2) is 109 Å². The maximum Gasteiger partial charge on any atom is 0.0796 e. The molecular formula is C53H90N6O2. The average Bonchev–Trinajstić information content (AvgIpc) is 3.89. The molecule has 0 aliphatic carbocycles. The zero-order valence-corrected chi connectivity index (χ0v) is 42.3. The number of hydrogen-bond donors (Lipinski definition) is 0. The van der Waals surface area contributed by atoms with Gasteiger partial charge in [-0.1, -0.05) is 169 Å².